The van der Waals surface area contributed by atoms with E-state index >= 15 is 0 Å². The van der Waals surface area contributed by atoms with Gasteiger partial charge in [-0.2, -0.15) is 15.4 Å². The van der Waals surface area contributed by atoms with Crippen LogP contribution in [0.25, 0.3) is 11.0 Å². The van der Waals surface area contributed by atoms with Crippen molar-refractivity contribution in [3.05, 3.63) is 18.2 Å². The molecule has 0 atom stereocenters. The minimum Gasteiger partial charge on any atom is -0.424 e. The number of hydrogen-bond donors (Lipinski definition) is 1. The molecule has 5 nitrogen and oxygen atoms in total. The lowest BCUT2D eigenvalue weighted by atomic mass is 10.1. The number of para-hydroxylation sites is 1. The van der Waals surface area contributed by atoms with E-state index in [1.807, 2.05) is 6.07 Å². The van der Waals surface area contributed by atoms with E-state index in [0.717, 1.165) is 12.8 Å². The summed E-state index contributed by atoms with van der Waals surface area (Å²) < 4.78 is 5.37. The molecule has 1 N–H and O–H groups in total. The highest BCUT2D eigenvalue weighted by molar-refractivity contribution is 5.84. The zero-order valence-electron chi connectivity index (χ0n) is 12.6. The highest BCUT2D eigenvalue weighted by atomic mass is 16.5. The Morgan fingerprint density at radius 3 is 2.67 bits per heavy atom. The lowest BCUT2D eigenvalue weighted by molar-refractivity contribution is -0.134. The Labute approximate surface area is 125 Å². The van der Waals surface area contributed by atoms with Gasteiger partial charge in [0.05, 0.1) is 0 Å². The van der Waals surface area contributed by atoms with Gasteiger partial charge >= 0.3 is 5.97 Å². The summed E-state index contributed by atoms with van der Waals surface area (Å²) in [5, 5.41) is 10.5. The molecule has 0 aliphatic heterocycles. The number of nitrogens with one attached hydrogen (secondary N) is 1. The number of unbranched alkanes of at least 4 members (excludes halogenated alkanes) is 6. The largest absolute Gasteiger partial charge is 0.424 e. The Bertz CT molecular complexity index is 565. The third-order valence-corrected chi connectivity index (χ3v) is 3.52. The van der Waals surface area contributed by atoms with Crippen molar-refractivity contribution < 1.29 is 9.53 Å². The van der Waals surface area contributed by atoms with Gasteiger partial charge in [0.25, 0.3) is 0 Å². The molecule has 0 saturated carbocycles. The maximum absolute atomic E-state index is 11.8. The topological polar surface area (TPSA) is 67.9 Å². The van der Waals surface area contributed by atoms with E-state index in [1.54, 1.807) is 12.1 Å². The molecule has 2 aromatic rings. The highest BCUT2D eigenvalue weighted by Gasteiger charge is 2.10. The fourth-order valence-corrected chi connectivity index (χ4v) is 2.32. The molecule has 0 fully saturated rings. The Morgan fingerprint density at radius 2 is 1.86 bits per heavy atom. The first-order chi connectivity index (χ1) is 10.3. The summed E-state index contributed by atoms with van der Waals surface area (Å²) in [4.78, 5) is 11.8. The summed E-state index contributed by atoms with van der Waals surface area (Å²) in [6.45, 7) is 2.21. The average molecular weight is 289 g/mol. The molecule has 0 aliphatic carbocycles. The minimum absolute atomic E-state index is 0.195. The number of esters is 1. The van der Waals surface area contributed by atoms with Crippen LogP contribution in [0.2, 0.25) is 0 Å². The summed E-state index contributed by atoms with van der Waals surface area (Å²) in [6, 6.07) is 5.38. The van der Waals surface area contributed by atoms with Gasteiger partial charge in [0.1, 0.15) is 5.52 Å². The normalized spacial score (nSPS) is 10.9. The second-order valence-electron chi connectivity index (χ2n) is 5.29. The van der Waals surface area contributed by atoms with Crippen LogP contribution >= 0.6 is 0 Å². The molecule has 0 spiro atoms. The smallest absolute Gasteiger partial charge is 0.311 e. The second-order valence-corrected chi connectivity index (χ2v) is 5.29. The van der Waals surface area contributed by atoms with Crippen LogP contribution in [0.1, 0.15) is 58.3 Å². The first-order valence-corrected chi connectivity index (χ1v) is 7.81. The molecule has 0 bridgehead atoms. The number of hydrogen-bond acceptors (Lipinski definition) is 4. The lowest BCUT2D eigenvalue weighted by Gasteiger charge is -2.04. The van der Waals surface area contributed by atoms with Crippen molar-refractivity contribution in [2.24, 2.45) is 0 Å². The van der Waals surface area contributed by atoms with Crippen molar-refractivity contribution in [2.45, 2.75) is 58.3 Å². The maximum atomic E-state index is 11.8. The molecule has 21 heavy (non-hydrogen) atoms. The molecular formula is C16H23N3O2. The number of fused-ring (bicyclic) bond motifs is 1. The van der Waals surface area contributed by atoms with Gasteiger partial charge in [-0.15, -0.1) is 0 Å². The lowest BCUT2D eigenvalue weighted by Crippen LogP contribution is -2.07. The van der Waals surface area contributed by atoms with Crippen molar-refractivity contribution in [1.29, 1.82) is 0 Å². The molecule has 1 heterocycles. The quantitative estimate of drug-likeness (QED) is 0.430. The van der Waals surface area contributed by atoms with Crippen LogP contribution in [0.4, 0.5) is 0 Å². The fraction of sp³-hybridized carbons (Fsp3) is 0.562. The van der Waals surface area contributed by atoms with Crippen molar-refractivity contribution >= 4 is 17.0 Å². The van der Waals surface area contributed by atoms with Crippen LogP contribution in [0.15, 0.2) is 18.2 Å². The second kappa shape index (κ2) is 8.39. The van der Waals surface area contributed by atoms with Crippen molar-refractivity contribution in [3.63, 3.8) is 0 Å². The average Bonchev–Trinajstić information content (AvgIpc) is 2.96. The number of ether oxygens (including phenoxy) is 1. The third-order valence-electron chi connectivity index (χ3n) is 3.52. The summed E-state index contributed by atoms with van der Waals surface area (Å²) in [5.74, 6) is 0.285. The number of carbonyl (C=O) groups excluding carboxylic acids is 1. The molecule has 0 unspecified atom stereocenters. The van der Waals surface area contributed by atoms with E-state index in [9.17, 15) is 4.79 Å². The molecule has 0 aliphatic rings. The Hall–Kier alpha value is -1.91. The fourth-order valence-electron chi connectivity index (χ4n) is 2.32. The van der Waals surface area contributed by atoms with E-state index in [4.69, 9.17) is 4.74 Å². The maximum Gasteiger partial charge on any atom is 0.311 e. The Balaban J connectivity index is 1.69. The molecule has 2 rings (SSSR count). The number of carbonyl (C=O) groups is 1. The standard InChI is InChI=1S/C16H23N3O2/c1-2-3-4-5-6-7-8-12-15(20)21-14-11-9-10-13-16(14)18-19-17-13/h9-11H,2-8,12H2,1H3,(H,17,18,19). The van der Waals surface area contributed by atoms with E-state index in [-0.39, 0.29) is 5.97 Å². The number of aromatic amines is 1. The summed E-state index contributed by atoms with van der Waals surface area (Å²) in [7, 11) is 0. The van der Waals surface area contributed by atoms with Gasteiger partial charge in [-0.05, 0) is 18.6 Å². The van der Waals surface area contributed by atoms with Gasteiger partial charge < -0.3 is 4.74 Å². The predicted molar refractivity (Wildman–Crippen MR) is 82.1 cm³/mol. The Kier molecular flexibility index (Phi) is 6.19. The van der Waals surface area contributed by atoms with Crippen molar-refractivity contribution in [2.75, 3.05) is 0 Å². The van der Waals surface area contributed by atoms with Gasteiger partial charge in [0.2, 0.25) is 0 Å². The SMILES string of the molecule is CCCCCCCCCC(=O)Oc1cccc2n[nH]nc12. The van der Waals surface area contributed by atoms with Crippen LogP contribution in [-0.4, -0.2) is 21.4 Å². The predicted octanol–water partition coefficient (Wildman–Crippen LogP) is 4.00. The molecular weight excluding hydrogens is 266 g/mol. The van der Waals surface area contributed by atoms with Gasteiger partial charge in [-0.1, -0.05) is 51.5 Å². The number of nitrogens with zero attached hydrogens (tertiary/aromatic N) is 2. The van der Waals surface area contributed by atoms with E-state index in [2.05, 4.69) is 22.3 Å². The van der Waals surface area contributed by atoms with Gasteiger partial charge in [0, 0.05) is 6.42 Å². The molecule has 0 saturated heterocycles. The zero-order valence-corrected chi connectivity index (χ0v) is 12.6. The van der Waals surface area contributed by atoms with E-state index < -0.39 is 0 Å². The molecule has 0 amide bonds. The van der Waals surface area contributed by atoms with Crippen molar-refractivity contribution in [1.82, 2.24) is 15.4 Å². The molecule has 0 radical (unpaired) electrons. The van der Waals surface area contributed by atoms with Gasteiger partial charge in [-0.25, -0.2) is 0 Å². The highest BCUT2D eigenvalue weighted by Crippen LogP contribution is 2.22. The summed E-state index contributed by atoms with van der Waals surface area (Å²) in [6.07, 6.45) is 8.78. The molecule has 114 valence electrons. The Morgan fingerprint density at radius 1 is 1.10 bits per heavy atom. The number of aromatic nitrogens is 3. The molecule has 1 aromatic carbocycles. The van der Waals surface area contributed by atoms with Crippen LogP contribution in [0.5, 0.6) is 5.75 Å². The van der Waals surface area contributed by atoms with Crippen LogP contribution in [0.3, 0.4) is 0 Å². The first-order valence-electron chi connectivity index (χ1n) is 7.81. The van der Waals surface area contributed by atoms with Crippen LogP contribution in [0, 0.1) is 0 Å². The number of rotatable bonds is 9. The monoisotopic (exact) mass is 289 g/mol. The minimum atomic E-state index is -0.195. The number of benzene rings is 1. The molecule has 1 aromatic heterocycles. The molecule has 5 heteroatoms. The van der Waals surface area contributed by atoms with Crippen LogP contribution < -0.4 is 4.74 Å². The van der Waals surface area contributed by atoms with Gasteiger partial charge in [-0.3, -0.25) is 4.79 Å². The summed E-state index contributed by atoms with van der Waals surface area (Å²) >= 11 is 0. The van der Waals surface area contributed by atoms with Crippen molar-refractivity contribution in [3.8, 4) is 5.75 Å². The van der Waals surface area contributed by atoms with Gasteiger partial charge in [0.15, 0.2) is 11.3 Å². The first kappa shape index (κ1) is 15.5. The summed E-state index contributed by atoms with van der Waals surface area (Å²) in [5.41, 5.74) is 1.31. The zero-order chi connectivity index (χ0) is 14.9. The third kappa shape index (κ3) is 4.85. The van der Waals surface area contributed by atoms with E-state index in [1.165, 1.54) is 32.1 Å². The van der Waals surface area contributed by atoms with Crippen LogP contribution in [-0.2, 0) is 4.79 Å². The number of H-pyrrole nitrogens is 1. The van der Waals surface area contributed by atoms with E-state index in [0.29, 0.717) is 23.2 Å².